The van der Waals surface area contributed by atoms with Gasteiger partial charge in [0.2, 0.25) is 15.9 Å². The van der Waals surface area contributed by atoms with E-state index in [4.69, 9.17) is 4.74 Å². The Morgan fingerprint density at radius 1 is 1.06 bits per heavy atom. The molecule has 0 aliphatic carbocycles. The molecule has 0 bridgehead atoms. The summed E-state index contributed by atoms with van der Waals surface area (Å²) in [5.41, 5.74) is 0.704. The van der Waals surface area contributed by atoms with Crippen molar-refractivity contribution in [3.8, 4) is 5.75 Å². The summed E-state index contributed by atoms with van der Waals surface area (Å²) in [4.78, 5) is 13.0. The number of ether oxygens (including phenoxy) is 1. The topological polar surface area (TPSA) is 84.5 Å². The van der Waals surface area contributed by atoms with Crippen LogP contribution in [-0.2, 0) is 21.2 Å². The van der Waals surface area contributed by atoms with E-state index in [0.29, 0.717) is 16.8 Å². The van der Waals surface area contributed by atoms with Gasteiger partial charge >= 0.3 is 0 Å². The maximum Gasteiger partial charge on any atom is 0.242 e. The maximum absolute atomic E-state index is 14.2. The number of benzene rings is 3. The molecule has 0 heterocycles. The van der Waals surface area contributed by atoms with Crippen molar-refractivity contribution in [3.05, 3.63) is 88.6 Å². The molecule has 0 unspecified atom stereocenters. The summed E-state index contributed by atoms with van der Waals surface area (Å²) in [6.07, 6.45) is 0.0844. The zero-order valence-electron chi connectivity index (χ0n) is 17.2. The SMILES string of the molecule is CCOc1ccc(S(=O)(=O)N[C@H](Cc2ccccc2)C(=O)Nc2ccc(Br)cc2F)cc1. The monoisotopic (exact) mass is 520 g/mol. The Kier molecular flexibility index (Phi) is 8.00. The second-order valence-corrected chi connectivity index (χ2v) is 9.51. The van der Waals surface area contributed by atoms with E-state index in [1.165, 1.54) is 24.3 Å². The van der Waals surface area contributed by atoms with Crippen LogP contribution in [-0.4, -0.2) is 27.0 Å². The van der Waals surface area contributed by atoms with Crippen molar-refractivity contribution < 1.29 is 22.3 Å². The summed E-state index contributed by atoms with van der Waals surface area (Å²) in [5, 5.41) is 2.48. The highest BCUT2D eigenvalue weighted by atomic mass is 79.9. The molecule has 2 N–H and O–H groups in total. The first-order chi connectivity index (χ1) is 15.3. The standard InChI is InChI=1S/C23H22BrFN2O4S/c1-2-31-18-9-11-19(12-10-18)32(29,30)27-22(14-16-6-4-3-5-7-16)23(28)26-21-13-8-17(24)15-20(21)25/h3-13,15,22,27H,2,14H2,1H3,(H,26,28)/t22-/m1/s1. The van der Waals surface area contributed by atoms with E-state index in [0.717, 1.165) is 5.56 Å². The molecule has 1 amide bonds. The van der Waals surface area contributed by atoms with Crippen LogP contribution < -0.4 is 14.8 Å². The molecule has 3 rings (SSSR count). The minimum absolute atomic E-state index is 0.0124. The number of hydrogen-bond donors (Lipinski definition) is 2. The van der Waals surface area contributed by atoms with Gasteiger partial charge in [0.05, 0.1) is 17.2 Å². The Bertz CT molecular complexity index is 1170. The number of hydrogen-bond acceptors (Lipinski definition) is 4. The third-order valence-corrected chi connectivity index (χ3v) is 6.51. The highest BCUT2D eigenvalue weighted by Gasteiger charge is 2.27. The summed E-state index contributed by atoms with van der Waals surface area (Å²) in [6, 6.07) is 17.9. The number of anilines is 1. The van der Waals surface area contributed by atoms with Gasteiger partial charge in [0.1, 0.15) is 17.6 Å². The van der Waals surface area contributed by atoms with Gasteiger partial charge in [-0.25, -0.2) is 12.8 Å². The molecular formula is C23H22BrFN2O4S. The largest absolute Gasteiger partial charge is 0.494 e. The number of carbonyl (C=O) groups excluding carboxylic acids is 1. The molecule has 168 valence electrons. The number of rotatable bonds is 9. The van der Waals surface area contributed by atoms with E-state index in [9.17, 15) is 17.6 Å². The molecule has 1 atom stereocenters. The Morgan fingerprint density at radius 3 is 2.38 bits per heavy atom. The van der Waals surface area contributed by atoms with Crippen LogP contribution in [0, 0.1) is 5.82 Å². The molecule has 0 aliphatic heterocycles. The maximum atomic E-state index is 14.2. The van der Waals surface area contributed by atoms with Gasteiger partial charge < -0.3 is 10.1 Å². The third-order valence-electron chi connectivity index (χ3n) is 4.53. The molecular weight excluding hydrogens is 499 g/mol. The molecule has 32 heavy (non-hydrogen) atoms. The number of carbonyl (C=O) groups is 1. The van der Waals surface area contributed by atoms with E-state index in [1.54, 1.807) is 42.5 Å². The zero-order valence-corrected chi connectivity index (χ0v) is 19.6. The molecule has 9 heteroatoms. The molecule has 0 saturated carbocycles. The van der Waals surface area contributed by atoms with Crippen LogP contribution in [0.4, 0.5) is 10.1 Å². The van der Waals surface area contributed by atoms with Gasteiger partial charge in [0.25, 0.3) is 0 Å². The minimum Gasteiger partial charge on any atom is -0.494 e. The number of sulfonamides is 1. The Morgan fingerprint density at radius 2 is 1.75 bits per heavy atom. The van der Waals surface area contributed by atoms with E-state index in [2.05, 4.69) is 26.0 Å². The van der Waals surface area contributed by atoms with Crippen LogP contribution in [0.5, 0.6) is 5.75 Å². The first-order valence-electron chi connectivity index (χ1n) is 9.83. The number of amides is 1. The highest BCUT2D eigenvalue weighted by molar-refractivity contribution is 9.10. The van der Waals surface area contributed by atoms with Gasteiger partial charge in [0.15, 0.2) is 0 Å². The van der Waals surface area contributed by atoms with Crippen LogP contribution in [0.15, 0.2) is 82.2 Å². The number of halogens is 2. The highest BCUT2D eigenvalue weighted by Crippen LogP contribution is 2.21. The fourth-order valence-corrected chi connectivity index (χ4v) is 4.51. The average Bonchev–Trinajstić information content (AvgIpc) is 2.76. The fourth-order valence-electron chi connectivity index (χ4n) is 2.99. The average molecular weight is 521 g/mol. The molecule has 0 aromatic heterocycles. The van der Waals surface area contributed by atoms with E-state index in [-0.39, 0.29) is 17.0 Å². The minimum atomic E-state index is -4.03. The lowest BCUT2D eigenvalue weighted by Crippen LogP contribution is -2.45. The van der Waals surface area contributed by atoms with E-state index in [1.807, 2.05) is 13.0 Å². The van der Waals surface area contributed by atoms with Gasteiger partial charge in [-0.3, -0.25) is 4.79 Å². The quantitative estimate of drug-likeness (QED) is 0.434. The van der Waals surface area contributed by atoms with E-state index >= 15 is 0 Å². The molecule has 0 fully saturated rings. The van der Waals surface area contributed by atoms with Crippen LogP contribution in [0.2, 0.25) is 0 Å². The fraction of sp³-hybridized carbons (Fsp3) is 0.174. The van der Waals surface area contributed by atoms with Crippen LogP contribution in [0.1, 0.15) is 12.5 Å². The Hall–Kier alpha value is -2.75. The van der Waals surface area contributed by atoms with Crippen molar-refractivity contribution in [3.63, 3.8) is 0 Å². The molecule has 0 aliphatic rings. The summed E-state index contributed by atoms with van der Waals surface area (Å²) in [5.74, 6) is -0.777. The van der Waals surface area contributed by atoms with Gasteiger partial charge in [-0.15, -0.1) is 0 Å². The molecule has 0 saturated heterocycles. The lowest BCUT2D eigenvalue weighted by molar-refractivity contribution is -0.117. The smallest absolute Gasteiger partial charge is 0.242 e. The van der Waals surface area contributed by atoms with Crippen molar-refractivity contribution in [1.29, 1.82) is 0 Å². The zero-order chi connectivity index (χ0) is 23.1. The van der Waals surface area contributed by atoms with Crippen LogP contribution >= 0.6 is 15.9 Å². The van der Waals surface area contributed by atoms with Crippen molar-refractivity contribution >= 4 is 37.5 Å². The van der Waals surface area contributed by atoms with Gasteiger partial charge in [0, 0.05) is 4.47 Å². The van der Waals surface area contributed by atoms with Crippen molar-refractivity contribution in [1.82, 2.24) is 4.72 Å². The second-order valence-electron chi connectivity index (χ2n) is 6.88. The van der Waals surface area contributed by atoms with E-state index < -0.39 is 27.8 Å². The van der Waals surface area contributed by atoms with Crippen molar-refractivity contribution in [2.24, 2.45) is 0 Å². The van der Waals surface area contributed by atoms with Gasteiger partial charge in [-0.2, -0.15) is 4.72 Å². The molecule has 0 spiro atoms. The molecule has 3 aromatic carbocycles. The van der Waals surface area contributed by atoms with Crippen LogP contribution in [0.3, 0.4) is 0 Å². The lowest BCUT2D eigenvalue weighted by atomic mass is 10.1. The third kappa shape index (κ3) is 6.38. The lowest BCUT2D eigenvalue weighted by Gasteiger charge is -2.19. The van der Waals surface area contributed by atoms with Crippen molar-refractivity contribution in [2.45, 2.75) is 24.3 Å². The predicted molar refractivity (Wildman–Crippen MR) is 125 cm³/mol. The number of nitrogens with one attached hydrogen (secondary N) is 2. The first-order valence-corrected chi connectivity index (χ1v) is 12.1. The summed E-state index contributed by atoms with van der Waals surface area (Å²) in [6.45, 7) is 2.28. The predicted octanol–water partition coefficient (Wildman–Crippen LogP) is 4.52. The van der Waals surface area contributed by atoms with Crippen LogP contribution in [0.25, 0.3) is 0 Å². The summed E-state index contributed by atoms with van der Waals surface area (Å²) < 4.78 is 48.4. The molecule has 3 aromatic rings. The first kappa shape index (κ1) is 23.9. The second kappa shape index (κ2) is 10.7. The van der Waals surface area contributed by atoms with Gasteiger partial charge in [-0.05, 0) is 61.4 Å². The Balaban J connectivity index is 1.85. The summed E-state index contributed by atoms with van der Waals surface area (Å²) in [7, 11) is -4.03. The normalized spacial score (nSPS) is 12.2. The summed E-state index contributed by atoms with van der Waals surface area (Å²) >= 11 is 3.16. The van der Waals surface area contributed by atoms with Crippen molar-refractivity contribution in [2.75, 3.05) is 11.9 Å². The van der Waals surface area contributed by atoms with Gasteiger partial charge in [-0.1, -0.05) is 46.3 Å². The Labute approximate surface area is 195 Å². The molecule has 6 nitrogen and oxygen atoms in total. The molecule has 0 radical (unpaired) electrons.